The number of nitrogens with two attached hydrogens (primary N) is 1. The molecule has 38 heavy (non-hydrogen) atoms. The fourth-order valence-corrected chi connectivity index (χ4v) is 5.55. The van der Waals surface area contributed by atoms with Crippen molar-refractivity contribution in [3.8, 4) is 28.4 Å². The number of hydrogen-bond acceptors (Lipinski definition) is 6. The summed E-state index contributed by atoms with van der Waals surface area (Å²) in [6.07, 6.45) is 4.41. The van der Waals surface area contributed by atoms with Crippen LogP contribution in [-0.4, -0.2) is 45.6 Å². The number of ether oxygens (including phenoxy) is 2. The summed E-state index contributed by atoms with van der Waals surface area (Å²) in [5.74, 6) is 1.59. The summed E-state index contributed by atoms with van der Waals surface area (Å²) in [6.45, 7) is 4.79. The molecule has 2 aromatic heterocycles. The Bertz CT molecular complexity index is 1550. The molecule has 2 aromatic carbocycles. The number of carbonyl (C=O) groups excluding carboxylic acids is 1. The molecule has 0 spiro atoms. The van der Waals surface area contributed by atoms with Crippen LogP contribution in [0.15, 0.2) is 55.4 Å². The van der Waals surface area contributed by atoms with E-state index in [-0.39, 0.29) is 17.6 Å². The molecular weight excluding hydrogens is 549 g/mol. The average molecular weight is 573 g/mol. The lowest BCUT2D eigenvalue weighted by molar-refractivity contribution is -0.127. The molecule has 0 bridgehead atoms. The summed E-state index contributed by atoms with van der Waals surface area (Å²) in [7, 11) is 1.55. The van der Waals surface area contributed by atoms with E-state index in [9.17, 15) is 4.79 Å². The first-order valence-corrected chi connectivity index (χ1v) is 13.0. The highest BCUT2D eigenvalue weighted by Crippen LogP contribution is 2.45. The summed E-state index contributed by atoms with van der Waals surface area (Å²) >= 11 is 19.2. The highest BCUT2D eigenvalue weighted by atomic mass is 35.5. The Balaban J connectivity index is 1.59. The summed E-state index contributed by atoms with van der Waals surface area (Å²) in [4.78, 5) is 18.3. The molecule has 1 aliphatic rings. The van der Waals surface area contributed by atoms with Gasteiger partial charge in [-0.15, -0.1) is 0 Å². The molecule has 2 N–H and O–H groups in total. The molecule has 1 fully saturated rings. The predicted molar refractivity (Wildman–Crippen MR) is 150 cm³/mol. The van der Waals surface area contributed by atoms with E-state index in [1.807, 2.05) is 12.1 Å². The Hall–Kier alpha value is -3.46. The highest BCUT2D eigenvalue weighted by Gasteiger charge is 2.31. The van der Waals surface area contributed by atoms with E-state index in [4.69, 9.17) is 50.0 Å². The van der Waals surface area contributed by atoms with Gasteiger partial charge in [-0.05, 0) is 48.7 Å². The summed E-state index contributed by atoms with van der Waals surface area (Å²) in [6, 6.07) is 10.5. The summed E-state index contributed by atoms with van der Waals surface area (Å²) in [5, 5.41) is 5.79. The van der Waals surface area contributed by atoms with Gasteiger partial charge in [0.05, 0.1) is 27.9 Å². The van der Waals surface area contributed by atoms with Crippen LogP contribution in [0.3, 0.4) is 0 Å². The van der Waals surface area contributed by atoms with Gasteiger partial charge in [-0.25, -0.2) is 9.50 Å². The van der Waals surface area contributed by atoms with Crippen molar-refractivity contribution in [1.82, 2.24) is 19.5 Å². The number of likely N-dealkylation sites (tertiary alicyclic amines) is 1. The third kappa shape index (κ3) is 4.75. The van der Waals surface area contributed by atoms with Crippen LogP contribution in [0.5, 0.6) is 17.2 Å². The van der Waals surface area contributed by atoms with Crippen molar-refractivity contribution < 1.29 is 14.3 Å². The number of anilines is 1. The molecule has 5 rings (SSSR count). The van der Waals surface area contributed by atoms with Gasteiger partial charge in [0.25, 0.3) is 0 Å². The Kier molecular flexibility index (Phi) is 7.38. The van der Waals surface area contributed by atoms with Crippen molar-refractivity contribution in [3.63, 3.8) is 0 Å². The van der Waals surface area contributed by atoms with Gasteiger partial charge in [-0.3, -0.25) is 4.79 Å². The molecule has 1 amide bonds. The highest BCUT2D eigenvalue weighted by molar-refractivity contribution is 6.42. The Morgan fingerprint density at radius 3 is 2.71 bits per heavy atom. The molecule has 1 unspecified atom stereocenters. The number of nitrogen functional groups attached to an aromatic ring is 1. The van der Waals surface area contributed by atoms with Gasteiger partial charge < -0.3 is 20.1 Å². The number of halogens is 3. The van der Waals surface area contributed by atoms with Gasteiger partial charge in [-0.1, -0.05) is 47.4 Å². The SMILES string of the molecule is C=CC(=O)N1CCCC(c2c(Cl)c(-c3ccc(Oc4ccc(Cl)c(Cl)c4)c(OC)c3)c3c(N)ncnn23)C1. The van der Waals surface area contributed by atoms with Crippen molar-refractivity contribution in [2.24, 2.45) is 0 Å². The van der Waals surface area contributed by atoms with Crippen LogP contribution >= 0.6 is 34.8 Å². The van der Waals surface area contributed by atoms with Crippen molar-refractivity contribution in [3.05, 3.63) is 76.1 Å². The van der Waals surface area contributed by atoms with E-state index in [1.165, 1.54) is 12.4 Å². The largest absolute Gasteiger partial charge is 0.493 e. The van der Waals surface area contributed by atoms with Crippen molar-refractivity contribution in [2.45, 2.75) is 18.8 Å². The van der Waals surface area contributed by atoms with Crippen molar-refractivity contribution in [2.75, 3.05) is 25.9 Å². The lowest BCUT2D eigenvalue weighted by Crippen LogP contribution is -2.38. The van der Waals surface area contributed by atoms with Gasteiger partial charge in [0.2, 0.25) is 5.91 Å². The zero-order valence-electron chi connectivity index (χ0n) is 20.5. The number of rotatable bonds is 6. The minimum absolute atomic E-state index is 0.0464. The van der Waals surface area contributed by atoms with E-state index in [0.29, 0.717) is 56.5 Å². The van der Waals surface area contributed by atoms with E-state index in [1.54, 1.807) is 40.8 Å². The predicted octanol–water partition coefficient (Wildman–Crippen LogP) is 6.63. The number of nitrogens with zero attached hydrogens (tertiary/aromatic N) is 4. The maximum atomic E-state index is 12.3. The summed E-state index contributed by atoms with van der Waals surface area (Å²) in [5.41, 5.74) is 9.12. The lowest BCUT2D eigenvalue weighted by atomic mass is 9.94. The molecule has 4 aromatic rings. The standard InChI is InChI=1S/C27H24Cl3N5O3/c1-3-22(36)34-10-4-5-16(13-34)25-24(30)23(26-27(31)32-14-33-35(25)26)15-6-9-20(21(11-15)37-2)38-17-7-8-18(28)19(29)12-17/h3,6-9,11-12,14,16H,1,4-5,10,13H2,2H3,(H2,31,32,33). The monoisotopic (exact) mass is 571 g/mol. The molecule has 0 saturated carbocycles. The zero-order valence-corrected chi connectivity index (χ0v) is 22.7. The first kappa shape index (κ1) is 26.2. The molecule has 1 aliphatic heterocycles. The van der Waals surface area contributed by atoms with Crippen molar-refractivity contribution >= 4 is 52.0 Å². The van der Waals surface area contributed by atoms with Crippen LogP contribution < -0.4 is 15.2 Å². The topological polar surface area (TPSA) is 95.0 Å². The van der Waals surface area contributed by atoms with Crippen molar-refractivity contribution in [1.29, 1.82) is 0 Å². The minimum atomic E-state index is -0.108. The fourth-order valence-electron chi connectivity index (χ4n) is 4.83. The quantitative estimate of drug-likeness (QED) is 0.261. The number of hydrogen-bond donors (Lipinski definition) is 1. The Morgan fingerprint density at radius 1 is 1.16 bits per heavy atom. The number of amides is 1. The van der Waals surface area contributed by atoms with Gasteiger partial charge >= 0.3 is 0 Å². The minimum Gasteiger partial charge on any atom is -0.493 e. The molecule has 1 atom stereocenters. The third-order valence-electron chi connectivity index (χ3n) is 6.59. The lowest BCUT2D eigenvalue weighted by Gasteiger charge is -2.32. The van der Waals surface area contributed by atoms with Gasteiger partial charge in [0, 0.05) is 30.6 Å². The van der Waals surface area contributed by atoms with Crippen LogP contribution in [0.2, 0.25) is 15.1 Å². The smallest absolute Gasteiger partial charge is 0.245 e. The molecule has 0 radical (unpaired) electrons. The normalized spacial score (nSPS) is 15.5. The van der Waals surface area contributed by atoms with Gasteiger partial charge in [-0.2, -0.15) is 5.10 Å². The molecule has 196 valence electrons. The molecule has 8 nitrogen and oxygen atoms in total. The molecule has 11 heteroatoms. The first-order chi connectivity index (χ1) is 18.3. The fraction of sp³-hybridized carbons (Fsp3) is 0.222. The molecule has 0 aliphatic carbocycles. The summed E-state index contributed by atoms with van der Waals surface area (Å²) < 4.78 is 13.4. The maximum Gasteiger partial charge on any atom is 0.245 e. The average Bonchev–Trinajstić information content (AvgIpc) is 3.23. The number of aromatic nitrogens is 3. The second-order valence-electron chi connectivity index (χ2n) is 8.85. The van der Waals surface area contributed by atoms with Crippen LogP contribution in [0.1, 0.15) is 24.5 Å². The second-order valence-corrected chi connectivity index (χ2v) is 10.0. The zero-order chi connectivity index (χ0) is 27.0. The Labute approximate surface area is 234 Å². The number of methoxy groups -OCH3 is 1. The maximum absolute atomic E-state index is 12.3. The molecule has 1 saturated heterocycles. The van der Waals surface area contributed by atoms with Crippen LogP contribution in [0, 0.1) is 0 Å². The number of fused-ring (bicyclic) bond motifs is 1. The number of carbonyl (C=O) groups is 1. The molecular formula is C27H24Cl3N5O3. The van der Waals surface area contributed by atoms with Gasteiger partial charge in [0.1, 0.15) is 17.6 Å². The number of benzene rings is 2. The molecule has 3 heterocycles. The van der Waals surface area contributed by atoms with Crippen LogP contribution in [-0.2, 0) is 4.79 Å². The van der Waals surface area contributed by atoms with Crippen LogP contribution in [0.4, 0.5) is 5.82 Å². The third-order valence-corrected chi connectivity index (χ3v) is 7.71. The van der Waals surface area contributed by atoms with E-state index < -0.39 is 0 Å². The second kappa shape index (κ2) is 10.7. The Morgan fingerprint density at radius 2 is 1.97 bits per heavy atom. The van der Waals surface area contributed by atoms with E-state index >= 15 is 0 Å². The van der Waals surface area contributed by atoms with E-state index in [0.717, 1.165) is 24.1 Å². The first-order valence-electron chi connectivity index (χ1n) is 11.9. The van der Waals surface area contributed by atoms with Crippen LogP contribution in [0.25, 0.3) is 16.6 Å². The van der Waals surface area contributed by atoms with E-state index in [2.05, 4.69) is 16.7 Å². The number of piperidine rings is 1. The van der Waals surface area contributed by atoms with Gasteiger partial charge in [0.15, 0.2) is 17.3 Å².